The SMILES string of the molecule is [2H]CCCCCCSSCCCCCCOP(OC=NCC)N(C(C)C)C(C)C. The summed E-state index contributed by atoms with van der Waals surface area (Å²) >= 11 is 0. The fraction of sp³-hybridized carbons (Fsp3) is 0.952. The Balaban J connectivity index is 3.80. The minimum Gasteiger partial charge on any atom is -0.425 e. The van der Waals surface area contributed by atoms with Gasteiger partial charge < -0.3 is 9.05 Å². The standard InChI is InChI=1S/C21H45N2O2PS2/c1-7-9-10-14-17-27-28-18-15-12-11-13-16-24-26(25-19-22-8-2)23(20(3)4)21(5)6/h19-21H,7-18H2,1-6H3/i1D. The Morgan fingerprint density at radius 2 is 1.57 bits per heavy atom. The highest BCUT2D eigenvalue weighted by Crippen LogP contribution is 2.45. The normalized spacial score (nSPS) is 13.8. The molecular formula is C21H45N2O2PS2. The van der Waals surface area contributed by atoms with E-state index in [2.05, 4.69) is 37.4 Å². The van der Waals surface area contributed by atoms with Crippen molar-refractivity contribution < 1.29 is 10.4 Å². The molecule has 0 aliphatic carbocycles. The first-order valence-corrected chi connectivity index (χ1v) is 14.6. The molecule has 0 heterocycles. The van der Waals surface area contributed by atoms with E-state index in [1.807, 2.05) is 28.5 Å². The van der Waals surface area contributed by atoms with Crippen molar-refractivity contribution in [1.82, 2.24) is 4.67 Å². The summed E-state index contributed by atoms with van der Waals surface area (Å²) in [6.07, 6.45) is 11.3. The van der Waals surface area contributed by atoms with E-state index in [1.165, 1.54) is 50.0 Å². The lowest BCUT2D eigenvalue weighted by molar-refractivity contribution is 0.213. The molecule has 1 atom stereocenters. The smallest absolute Gasteiger partial charge is 0.322 e. The molecule has 0 aliphatic rings. The molecule has 0 N–H and O–H groups in total. The van der Waals surface area contributed by atoms with E-state index in [-0.39, 0.29) is 0 Å². The Labute approximate surface area is 186 Å². The topological polar surface area (TPSA) is 34.1 Å². The molecule has 0 spiro atoms. The zero-order valence-electron chi connectivity index (χ0n) is 19.9. The zero-order chi connectivity index (χ0) is 21.7. The molecule has 0 bridgehead atoms. The highest BCUT2D eigenvalue weighted by molar-refractivity contribution is 8.76. The van der Waals surface area contributed by atoms with Gasteiger partial charge in [0.1, 0.15) is 0 Å². The van der Waals surface area contributed by atoms with Crippen LogP contribution in [0.3, 0.4) is 0 Å². The molecule has 7 heteroatoms. The largest absolute Gasteiger partial charge is 0.425 e. The van der Waals surface area contributed by atoms with Crippen LogP contribution in [0.15, 0.2) is 4.99 Å². The van der Waals surface area contributed by atoms with Gasteiger partial charge in [0.05, 0.1) is 6.61 Å². The van der Waals surface area contributed by atoms with Crippen LogP contribution in [0.25, 0.3) is 0 Å². The van der Waals surface area contributed by atoms with Gasteiger partial charge >= 0.3 is 8.53 Å². The summed E-state index contributed by atoms with van der Waals surface area (Å²) in [6.45, 7) is 12.8. The number of rotatable bonds is 20. The summed E-state index contributed by atoms with van der Waals surface area (Å²) in [4.78, 5) is 4.18. The predicted molar refractivity (Wildman–Crippen MR) is 133 cm³/mol. The summed E-state index contributed by atoms with van der Waals surface area (Å²) in [6, 6.07) is 0.756. The molecule has 168 valence electrons. The first-order chi connectivity index (χ1) is 14.0. The molecule has 0 radical (unpaired) electrons. The summed E-state index contributed by atoms with van der Waals surface area (Å²) in [5.41, 5.74) is 0. The molecule has 0 fully saturated rings. The summed E-state index contributed by atoms with van der Waals surface area (Å²) in [5, 5.41) is 0. The van der Waals surface area contributed by atoms with Gasteiger partial charge in [-0.15, -0.1) is 0 Å². The van der Waals surface area contributed by atoms with Crippen LogP contribution in [-0.4, -0.2) is 47.8 Å². The van der Waals surface area contributed by atoms with Crippen molar-refractivity contribution in [2.75, 3.05) is 24.7 Å². The van der Waals surface area contributed by atoms with Crippen LogP contribution >= 0.6 is 30.1 Å². The van der Waals surface area contributed by atoms with Crippen molar-refractivity contribution in [1.29, 1.82) is 0 Å². The van der Waals surface area contributed by atoms with Crippen molar-refractivity contribution >= 4 is 36.5 Å². The molecule has 0 amide bonds. The average Bonchev–Trinajstić information content (AvgIpc) is 2.67. The van der Waals surface area contributed by atoms with Gasteiger partial charge in [-0.3, -0.25) is 4.99 Å². The van der Waals surface area contributed by atoms with Gasteiger partial charge in [-0.25, -0.2) is 4.67 Å². The Morgan fingerprint density at radius 3 is 2.14 bits per heavy atom. The molecule has 1 unspecified atom stereocenters. The second-order valence-electron chi connectivity index (χ2n) is 7.32. The first kappa shape index (κ1) is 26.6. The van der Waals surface area contributed by atoms with E-state index in [4.69, 9.17) is 10.4 Å². The minimum atomic E-state index is -1.09. The fourth-order valence-corrected chi connectivity index (χ4v) is 6.45. The van der Waals surface area contributed by atoms with Crippen LogP contribution < -0.4 is 0 Å². The average molecular weight is 454 g/mol. The van der Waals surface area contributed by atoms with Gasteiger partial charge in [-0.1, -0.05) is 60.6 Å². The van der Waals surface area contributed by atoms with Gasteiger partial charge in [0.15, 0.2) is 6.40 Å². The van der Waals surface area contributed by atoms with Crippen molar-refractivity contribution in [3.8, 4) is 0 Å². The molecule has 0 aromatic rings. The predicted octanol–water partition coefficient (Wildman–Crippen LogP) is 7.94. The second kappa shape index (κ2) is 20.8. The van der Waals surface area contributed by atoms with Crippen LogP contribution in [0.1, 0.15) is 94.3 Å². The van der Waals surface area contributed by atoms with E-state index in [1.54, 1.807) is 6.40 Å². The molecule has 0 rings (SSSR count). The van der Waals surface area contributed by atoms with Crippen LogP contribution in [0.5, 0.6) is 0 Å². The molecule has 4 nitrogen and oxygen atoms in total. The maximum absolute atomic E-state index is 7.13. The highest BCUT2D eigenvalue weighted by Gasteiger charge is 2.27. The van der Waals surface area contributed by atoms with Crippen molar-refractivity contribution in [2.24, 2.45) is 4.99 Å². The number of nitrogens with zero attached hydrogens (tertiary/aromatic N) is 2. The fourth-order valence-electron chi connectivity index (χ4n) is 2.66. The number of hydrogen-bond acceptors (Lipinski definition) is 6. The Morgan fingerprint density at radius 1 is 0.964 bits per heavy atom. The first-order valence-electron chi connectivity index (χ1n) is 11.6. The van der Waals surface area contributed by atoms with Gasteiger partial charge in [-0.2, -0.15) is 0 Å². The van der Waals surface area contributed by atoms with E-state index in [0.717, 1.165) is 26.0 Å². The Bertz CT molecular complexity index is 373. The van der Waals surface area contributed by atoms with Crippen molar-refractivity contribution in [2.45, 2.75) is 105 Å². The highest BCUT2D eigenvalue weighted by atomic mass is 33.1. The van der Waals surface area contributed by atoms with Crippen LogP contribution in [0, 0.1) is 0 Å². The second-order valence-corrected chi connectivity index (χ2v) is 11.4. The molecule has 28 heavy (non-hydrogen) atoms. The quantitative estimate of drug-likeness (QED) is 0.0614. The maximum Gasteiger partial charge on any atom is 0.322 e. The third kappa shape index (κ3) is 16.3. The summed E-state index contributed by atoms with van der Waals surface area (Å²) in [7, 11) is 2.94. The number of unbranched alkanes of at least 4 members (excludes halogenated alkanes) is 6. The number of aliphatic imine (C=N–C) groups is 1. The van der Waals surface area contributed by atoms with E-state index in [0.29, 0.717) is 19.0 Å². The molecular weight excluding hydrogens is 407 g/mol. The lowest BCUT2D eigenvalue weighted by Crippen LogP contribution is -2.33. The van der Waals surface area contributed by atoms with Crippen LogP contribution in [0.2, 0.25) is 0 Å². The van der Waals surface area contributed by atoms with Gasteiger partial charge in [-0.05, 0) is 53.9 Å². The molecule has 0 aliphatic heterocycles. The monoisotopic (exact) mass is 453 g/mol. The van der Waals surface area contributed by atoms with Gasteiger partial charge in [0, 0.05) is 31.5 Å². The van der Waals surface area contributed by atoms with Gasteiger partial charge in [0.2, 0.25) is 0 Å². The molecule has 0 aromatic carbocycles. The molecule has 0 saturated heterocycles. The number of hydrogen-bond donors (Lipinski definition) is 0. The van der Waals surface area contributed by atoms with Crippen molar-refractivity contribution in [3.05, 3.63) is 0 Å². The zero-order valence-corrected chi connectivity index (χ0v) is 21.4. The van der Waals surface area contributed by atoms with E-state index >= 15 is 0 Å². The summed E-state index contributed by atoms with van der Waals surface area (Å²) in [5.74, 6) is 2.50. The van der Waals surface area contributed by atoms with Crippen LogP contribution in [-0.2, 0) is 9.05 Å². The van der Waals surface area contributed by atoms with Crippen LogP contribution in [0.4, 0.5) is 0 Å². The minimum absolute atomic E-state index is 0.378. The maximum atomic E-state index is 7.13. The third-order valence-electron chi connectivity index (χ3n) is 4.03. The summed E-state index contributed by atoms with van der Waals surface area (Å²) < 4.78 is 21.4. The molecule has 0 aromatic heterocycles. The Hall–Kier alpha value is 0.520. The van der Waals surface area contributed by atoms with Crippen molar-refractivity contribution in [3.63, 3.8) is 0 Å². The van der Waals surface area contributed by atoms with Gasteiger partial charge in [0.25, 0.3) is 0 Å². The Kier molecular flexibility index (Phi) is 19.7. The molecule has 0 saturated carbocycles. The van der Waals surface area contributed by atoms with E-state index < -0.39 is 8.53 Å². The third-order valence-corrected chi connectivity index (χ3v) is 8.58. The lowest BCUT2D eigenvalue weighted by Gasteiger charge is -2.34. The van der Waals surface area contributed by atoms with E-state index in [9.17, 15) is 0 Å². The lowest BCUT2D eigenvalue weighted by atomic mass is 10.2.